The van der Waals surface area contributed by atoms with Gasteiger partial charge in [0.1, 0.15) is 0 Å². The Balaban J connectivity index is 2.32. The first-order valence-electron chi connectivity index (χ1n) is 7.26. The van der Waals surface area contributed by atoms with E-state index in [0.717, 1.165) is 37.1 Å². The van der Waals surface area contributed by atoms with Gasteiger partial charge in [0.15, 0.2) is 0 Å². The van der Waals surface area contributed by atoms with E-state index in [9.17, 15) is 8.42 Å². The lowest BCUT2D eigenvalue weighted by molar-refractivity contribution is 0.274. The molecule has 0 radical (unpaired) electrons. The molecule has 1 aliphatic heterocycles. The molecule has 0 aromatic heterocycles. The summed E-state index contributed by atoms with van der Waals surface area (Å²) in [5.41, 5.74) is 2.13. The quantitative estimate of drug-likeness (QED) is 0.925. The van der Waals surface area contributed by atoms with Gasteiger partial charge in [-0.2, -0.15) is 4.31 Å². The molecule has 5 heteroatoms. The van der Waals surface area contributed by atoms with E-state index in [4.69, 9.17) is 0 Å². The van der Waals surface area contributed by atoms with Crippen molar-refractivity contribution in [1.82, 2.24) is 9.62 Å². The van der Waals surface area contributed by atoms with Crippen LogP contribution in [0, 0.1) is 13.8 Å². The van der Waals surface area contributed by atoms with E-state index in [0.29, 0.717) is 11.4 Å². The van der Waals surface area contributed by atoms with Crippen molar-refractivity contribution in [2.45, 2.75) is 44.6 Å². The Morgan fingerprint density at radius 3 is 2.60 bits per heavy atom. The molecule has 0 saturated carbocycles. The van der Waals surface area contributed by atoms with Crippen molar-refractivity contribution < 1.29 is 8.42 Å². The molecule has 0 amide bonds. The Morgan fingerprint density at radius 2 is 2.05 bits per heavy atom. The van der Waals surface area contributed by atoms with E-state index >= 15 is 0 Å². The molecular weight excluding hydrogens is 272 g/mol. The molecule has 2 rings (SSSR count). The number of nitrogens with one attached hydrogen (secondary N) is 1. The van der Waals surface area contributed by atoms with Gasteiger partial charge in [-0.15, -0.1) is 0 Å². The lowest BCUT2D eigenvalue weighted by Gasteiger charge is -2.33. The number of piperidine rings is 1. The van der Waals surface area contributed by atoms with Gasteiger partial charge in [-0.05, 0) is 56.5 Å². The summed E-state index contributed by atoms with van der Waals surface area (Å²) >= 11 is 0. The minimum absolute atomic E-state index is 0.0698. The number of likely N-dealkylation sites (N-methyl/N-ethyl adjacent to an activating group) is 1. The summed E-state index contributed by atoms with van der Waals surface area (Å²) in [6.07, 6.45) is 1.97. The van der Waals surface area contributed by atoms with Crippen LogP contribution in [0.3, 0.4) is 0 Å². The van der Waals surface area contributed by atoms with Crippen molar-refractivity contribution in [2.24, 2.45) is 0 Å². The molecule has 4 nitrogen and oxygen atoms in total. The van der Waals surface area contributed by atoms with Crippen LogP contribution in [-0.4, -0.2) is 38.4 Å². The molecule has 1 heterocycles. The smallest absolute Gasteiger partial charge is 0.243 e. The number of rotatable bonds is 4. The molecule has 0 bridgehead atoms. The summed E-state index contributed by atoms with van der Waals surface area (Å²) in [5.74, 6) is 0. The molecule has 20 heavy (non-hydrogen) atoms. The fourth-order valence-corrected chi connectivity index (χ4v) is 4.46. The predicted octanol–water partition coefficient (Wildman–Crippen LogP) is 2.07. The molecule has 1 aromatic rings. The van der Waals surface area contributed by atoms with Crippen molar-refractivity contribution in [3.63, 3.8) is 0 Å². The summed E-state index contributed by atoms with van der Waals surface area (Å²) in [6.45, 7) is 8.10. The van der Waals surface area contributed by atoms with Crippen molar-refractivity contribution >= 4 is 10.0 Å². The normalized spacial score (nSPS) is 20.3. The Kier molecular flexibility index (Phi) is 4.83. The Morgan fingerprint density at radius 1 is 1.30 bits per heavy atom. The lowest BCUT2D eigenvalue weighted by atomic mass is 10.1. The van der Waals surface area contributed by atoms with Crippen molar-refractivity contribution in [1.29, 1.82) is 0 Å². The third-order valence-corrected chi connectivity index (χ3v) is 6.10. The minimum Gasteiger partial charge on any atom is -0.315 e. The monoisotopic (exact) mass is 296 g/mol. The van der Waals surface area contributed by atoms with Gasteiger partial charge >= 0.3 is 0 Å². The maximum absolute atomic E-state index is 12.8. The van der Waals surface area contributed by atoms with E-state index in [1.165, 1.54) is 0 Å². The fourth-order valence-electron chi connectivity index (χ4n) is 2.71. The highest BCUT2D eigenvalue weighted by molar-refractivity contribution is 7.89. The Hall–Kier alpha value is -0.910. The number of nitrogens with zero attached hydrogens (tertiary/aromatic N) is 1. The minimum atomic E-state index is -3.40. The maximum Gasteiger partial charge on any atom is 0.243 e. The second-order valence-corrected chi connectivity index (χ2v) is 7.35. The number of aryl methyl sites for hydroxylation is 2. The third kappa shape index (κ3) is 3.05. The van der Waals surface area contributed by atoms with E-state index in [2.05, 4.69) is 5.32 Å². The number of hydrogen-bond acceptors (Lipinski definition) is 3. The van der Waals surface area contributed by atoms with Crippen molar-refractivity contribution in [3.8, 4) is 0 Å². The van der Waals surface area contributed by atoms with E-state index in [1.54, 1.807) is 16.4 Å². The Bertz CT molecular complexity index is 563. The second kappa shape index (κ2) is 6.24. The van der Waals surface area contributed by atoms with Gasteiger partial charge in [0.25, 0.3) is 0 Å². The molecule has 0 spiro atoms. The van der Waals surface area contributed by atoms with Crippen LogP contribution < -0.4 is 5.32 Å². The fraction of sp³-hybridized carbons (Fsp3) is 0.600. The molecule has 1 saturated heterocycles. The molecule has 112 valence electrons. The van der Waals surface area contributed by atoms with Gasteiger partial charge in [0.05, 0.1) is 4.90 Å². The first-order valence-corrected chi connectivity index (χ1v) is 8.70. The average Bonchev–Trinajstić information content (AvgIpc) is 2.43. The summed E-state index contributed by atoms with van der Waals surface area (Å²) < 4.78 is 27.3. The SMILES string of the molecule is CCN(C1CCCNC1)S(=O)(=O)c1ccc(C)c(C)c1. The summed E-state index contributed by atoms with van der Waals surface area (Å²) in [7, 11) is -3.40. The van der Waals surface area contributed by atoms with Crippen molar-refractivity contribution in [2.75, 3.05) is 19.6 Å². The third-order valence-electron chi connectivity index (χ3n) is 4.07. The molecule has 1 fully saturated rings. The zero-order valence-electron chi connectivity index (χ0n) is 12.5. The highest BCUT2D eigenvalue weighted by Crippen LogP contribution is 2.23. The predicted molar refractivity (Wildman–Crippen MR) is 81.4 cm³/mol. The van der Waals surface area contributed by atoms with Crippen LogP contribution in [0.5, 0.6) is 0 Å². The summed E-state index contributed by atoms with van der Waals surface area (Å²) in [4.78, 5) is 0.410. The van der Waals surface area contributed by atoms with Crippen LogP contribution in [0.15, 0.2) is 23.1 Å². The van der Waals surface area contributed by atoms with Gasteiger partial charge in [0.2, 0.25) is 10.0 Å². The van der Waals surface area contributed by atoms with E-state index in [-0.39, 0.29) is 6.04 Å². The Labute approximate surface area is 122 Å². The molecule has 1 aliphatic rings. The van der Waals surface area contributed by atoms with Gasteiger partial charge in [-0.3, -0.25) is 0 Å². The maximum atomic E-state index is 12.8. The first-order chi connectivity index (χ1) is 9.46. The van der Waals surface area contributed by atoms with E-state index < -0.39 is 10.0 Å². The van der Waals surface area contributed by atoms with Crippen LogP contribution in [0.25, 0.3) is 0 Å². The van der Waals surface area contributed by atoms with Gasteiger partial charge in [0, 0.05) is 19.1 Å². The molecule has 1 atom stereocenters. The largest absolute Gasteiger partial charge is 0.315 e. The molecule has 1 aromatic carbocycles. The molecule has 1 N–H and O–H groups in total. The number of benzene rings is 1. The van der Waals surface area contributed by atoms with Crippen LogP contribution in [-0.2, 0) is 10.0 Å². The zero-order chi connectivity index (χ0) is 14.8. The highest BCUT2D eigenvalue weighted by Gasteiger charge is 2.31. The van der Waals surface area contributed by atoms with Crippen LogP contribution in [0.2, 0.25) is 0 Å². The first kappa shape index (κ1) is 15.5. The lowest BCUT2D eigenvalue weighted by Crippen LogP contribution is -2.48. The summed E-state index contributed by atoms with van der Waals surface area (Å²) in [5, 5.41) is 3.29. The topological polar surface area (TPSA) is 49.4 Å². The zero-order valence-corrected chi connectivity index (χ0v) is 13.3. The molecule has 1 unspecified atom stereocenters. The van der Waals surface area contributed by atoms with Gasteiger partial charge < -0.3 is 5.32 Å². The van der Waals surface area contributed by atoms with Crippen molar-refractivity contribution in [3.05, 3.63) is 29.3 Å². The van der Waals surface area contributed by atoms with Gasteiger partial charge in [-0.25, -0.2) is 8.42 Å². The molecular formula is C15H24N2O2S. The highest BCUT2D eigenvalue weighted by atomic mass is 32.2. The second-order valence-electron chi connectivity index (χ2n) is 5.45. The van der Waals surface area contributed by atoms with E-state index in [1.807, 2.05) is 26.8 Å². The molecule has 0 aliphatic carbocycles. The van der Waals surface area contributed by atoms with Crippen LogP contribution in [0.1, 0.15) is 30.9 Å². The van der Waals surface area contributed by atoms with Crippen LogP contribution in [0.4, 0.5) is 0 Å². The number of hydrogen-bond donors (Lipinski definition) is 1. The van der Waals surface area contributed by atoms with Crippen LogP contribution >= 0.6 is 0 Å². The summed E-state index contributed by atoms with van der Waals surface area (Å²) in [6, 6.07) is 5.45. The average molecular weight is 296 g/mol. The standard InChI is InChI=1S/C15H24N2O2S/c1-4-17(14-6-5-9-16-11-14)20(18,19)15-8-7-12(2)13(3)10-15/h7-8,10,14,16H,4-6,9,11H2,1-3H3. The van der Waals surface area contributed by atoms with Gasteiger partial charge in [-0.1, -0.05) is 13.0 Å². The number of sulfonamides is 1.